The number of halogens is 1. The number of ether oxygens (including phenoxy) is 4. The molecule has 302 valence electrons. The summed E-state index contributed by atoms with van der Waals surface area (Å²) in [5.74, 6) is -1.12. The molecule has 22 N–H and O–H groups in total. The Bertz CT molecular complexity index is 1220. The minimum atomic E-state index is -2.39. The van der Waals surface area contributed by atoms with Gasteiger partial charge in [0, 0.05) is 6.54 Å². The lowest BCUT2D eigenvalue weighted by Gasteiger charge is -2.46. The van der Waals surface area contributed by atoms with E-state index < -0.39 is 110 Å². The lowest BCUT2D eigenvalue weighted by molar-refractivity contribution is -0.314. The number of carbonyl (C=O) groups is 1. The molecule has 2 heterocycles. The summed E-state index contributed by atoms with van der Waals surface area (Å²) in [4.78, 5) is 19.7. The number of rotatable bonds is 12. The predicted molar refractivity (Wildman–Crippen MR) is 186 cm³/mol. The number of guanidine groups is 4. The second-order valence-corrected chi connectivity index (χ2v) is 12.1. The van der Waals surface area contributed by atoms with Crippen LogP contribution < -0.4 is 44.6 Å². The molecule has 2 saturated heterocycles. The number of aliphatic hydroxyl groups is 7. The lowest BCUT2D eigenvalue weighted by Crippen LogP contribution is -2.70. The first-order valence-corrected chi connectivity index (χ1v) is 16.0. The Morgan fingerprint density at radius 3 is 2.06 bits per heavy atom. The highest BCUT2D eigenvalue weighted by Crippen LogP contribution is 2.38. The number of likely N-dealkylation sites (N-methyl/N-ethyl adjacent to an activating group) is 1. The Morgan fingerprint density at radius 1 is 0.923 bits per heavy atom. The van der Waals surface area contributed by atoms with Gasteiger partial charge in [-0.15, -0.1) is 12.4 Å². The molecule has 52 heavy (non-hydrogen) atoms. The van der Waals surface area contributed by atoms with E-state index in [0.717, 1.165) is 12.8 Å². The number of aliphatic imine (C=N–C) groups is 2. The molecule has 0 spiro atoms. The first kappa shape index (κ1) is 46.8. The Hall–Kier alpha value is -3.24. The number of hydrogen-bond acceptors (Lipinski definition) is 17. The van der Waals surface area contributed by atoms with E-state index in [1.54, 1.807) is 0 Å². The molecule has 3 aliphatic rings. The smallest absolute Gasteiger partial charge is 0.195 e. The molecular weight excluding hydrogens is 720 g/mol. The number of aldehydes is 1. The quantitative estimate of drug-likeness (QED) is 0.0379. The fraction of sp³-hybridized carbons (Fsp3) is 0.815. The van der Waals surface area contributed by atoms with Gasteiger partial charge in [0.25, 0.3) is 0 Å². The zero-order valence-corrected chi connectivity index (χ0v) is 29.7. The maximum atomic E-state index is 12.1. The molecule has 2 aliphatic heterocycles. The molecule has 3 rings (SSSR count). The Balaban J connectivity index is 0.000000973. The van der Waals surface area contributed by atoms with Crippen molar-refractivity contribution in [3.05, 3.63) is 0 Å². The molecule has 0 aromatic rings. The number of aliphatic hydroxyl groups excluding tert-OH is 6. The van der Waals surface area contributed by atoms with Crippen LogP contribution in [0.25, 0.3) is 0 Å². The van der Waals surface area contributed by atoms with Gasteiger partial charge in [-0.1, -0.05) is 13.3 Å². The van der Waals surface area contributed by atoms with Crippen molar-refractivity contribution in [1.29, 1.82) is 10.8 Å². The van der Waals surface area contributed by atoms with E-state index in [2.05, 4.69) is 32.9 Å². The molecule has 0 amide bonds. The van der Waals surface area contributed by atoms with Crippen molar-refractivity contribution >= 4 is 42.5 Å². The van der Waals surface area contributed by atoms with Crippen molar-refractivity contribution in [3.8, 4) is 0 Å². The molecule has 0 aromatic carbocycles. The van der Waals surface area contributed by atoms with Gasteiger partial charge in [0.1, 0.15) is 54.9 Å². The van der Waals surface area contributed by atoms with E-state index in [1.807, 2.05) is 0 Å². The van der Waals surface area contributed by atoms with Gasteiger partial charge in [0.05, 0.1) is 24.8 Å². The molecular formula is C27H55ClN12O12. The van der Waals surface area contributed by atoms with E-state index in [1.165, 1.54) is 14.0 Å². The van der Waals surface area contributed by atoms with Crippen molar-refractivity contribution in [1.82, 2.24) is 16.0 Å². The third-order valence-corrected chi connectivity index (χ3v) is 8.45. The largest absolute Gasteiger partial charge is 0.394 e. The fourth-order valence-electron chi connectivity index (χ4n) is 5.66. The predicted octanol–water partition coefficient (Wildman–Crippen LogP) is -7.95. The minimum absolute atomic E-state index is 0. The van der Waals surface area contributed by atoms with E-state index in [-0.39, 0.29) is 30.6 Å². The maximum Gasteiger partial charge on any atom is 0.195 e. The van der Waals surface area contributed by atoms with Crippen LogP contribution in [0.5, 0.6) is 0 Å². The Labute approximate surface area is 305 Å². The highest BCUT2D eigenvalue weighted by Gasteiger charge is 2.60. The summed E-state index contributed by atoms with van der Waals surface area (Å²) in [5.41, 5.74) is 24.2. The van der Waals surface area contributed by atoms with Crippen molar-refractivity contribution in [2.24, 2.45) is 38.7 Å². The summed E-state index contributed by atoms with van der Waals surface area (Å²) >= 11 is 0. The van der Waals surface area contributed by atoms with E-state index in [9.17, 15) is 40.5 Å². The first-order valence-electron chi connectivity index (χ1n) is 16.0. The van der Waals surface area contributed by atoms with Crippen LogP contribution in [-0.2, 0) is 23.7 Å². The topological polar surface area (TPSA) is 434 Å². The first-order chi connectivity index (χ1) is 23.9. The lowest BCUT2D eigenvalue weighted by atomic mass is 9.81. The van der Waals surface area contributed by atoms with Crippen molar-refractivity contribution in [2.45, 2.75) is 118 Å². The normalized spacial score (nSPS) is 38.8. The van der Waals surface area contributed by atoms with Gasteiger partial charge in [-0.2, -0.15) is 0 Å². The molecule has 15 atom stereocenters. The van der Waals surface area contributed by atoms with Crippen LogP contribution >= 0.6 is 12.4 Å². The molecule has 0 aromatic heterocycles. The Morgan fingerprint density at radius 2 is 1.56 bits per heavy atom. The average molecular weight is 775 g/mol. The third kappa shape index (κ3) is 11.4. The van der Waals surface area contributed by atoms with Crippen LogP contribution in [-0.4, -0.2) is 177 Å². The molecule has 3 fully saturated rings. The number of nitrogens with one attached hydrogen (secondary N) is 5. The highest BCUT2D eigenvalue weighted by molar-refractivity contribution is 5.95. The van der Waals surface area contributed by atoms with Crippen LogP contribution in [0.2, 0.25) is 0 Å². The van der Waals surface area contributed by atoms with Gasteiger partial charge in [-0.05, 0) is 20.4 Å². The highest BCUT2D eigenvalue weighted by atomic mass is 35.5. The molecule has 25 heteroatoms. The molecule has 0 unspecified atom stereocenters. The molecule has 1 saturated carbocycles. The van der Waals surface area contributed by atoms with E-state index in [0.29, 0.717) is 6.54 Å². The standard InChI is InChI=1S/C21H39N7O12.C6H15N5.ClH/c1-5-21(36,4-30)16(40-17-9(26-2)13(34)10(31)6(3-29)38-17)18(37-5)39-15-8(28-20(24)25)11(32)7(27-19(22)23)12(33)14(15)35;1-2-3-4-10-6(9)11-5(7)8;/h4-18,26,29,31-36H,3H2,1-2H3,(H4,22,23,27)(H4,24,25,28);2-4H2,1H3,(H6,7,8,9,10,11);1H/t5-,6-,7+,8-,9-,10-,11+,12-,13-,14+,15+,16-,17-,18-,21+;;/m0../s1. The summed E-state index contributed by atoms with van der Waals surface area (Å²) < 4.78 is 22.9. The monoisotopic (exact) mass is 774 g/mol. The van der Waals surface area contributed by atoms with Gasteiger partial charge < -0.3 is 94.0 Å². The second kappa shape index (κ2) is 20.9. The van der Waals surface area contributed by atoms with Crippen LogP contribution in [0.3, 0.4) is 0 Å². The molecule has 24 nitrogen and oxygen atoms in total. The van der Waals surface area contributed by atoms with Gasteiger partial charge in [-0.3, -0.25) is 25.9 Å². The minimum Gasteiger partial charge on any atom is -0.394 e. The van der Waals surface area contributed by atoms with Crippen molar-refractivity contribution < 1.29 is 59.5 Å². The zero-order valence-electron chi connectivity index (χ0n) is 28.8. The third-order valence-electron chi connectivity index (χ3n) is 8.45. The van der Waals surface area contributed by atoms with E-state index in [4.69, 9.17) is 58.4 Å². The summed E-state index contributed by atoms with van der Waals surface area (Å²) in [5, 5.41) is 95.8. The number of nitrogens with two attached hydrogens (primary N) is 5. The van der Waals surface area contributed by atoms with Crippen LogP contribution in [0.1, 0.15) is 26.7 Å². The van der Waals surface area contributed by atoms with Gasteiger partial charge >= 0.3 is 0 Å². The maximum absolute atomic E-state index is 12.1. The SMILES string of the molecule is CCCCN=C(N)NC(=N)N.CN[C@@H]1[C@H](O[C@H]2[C@H](O[C@H]3[C@H](O)[C@@H](O)[C@H](N=C(N)N)[C@@H](O)[C@@H]3NC(=N)N)O[C@@H](C)[C@]2(O)C=O)O[C@@H](CO)[C@H](O)[C@H]1O.Cl. The van der Waals surface area contributed by atoms with Crippen molar-refractivity contribution in [3.63, 3.8) is 0 Å². The summed E-state index contributed by atoms with van der Waals surface area (Å²) in [6.07, 6.45) is -15.2. The molecule has 0 radical (unpaired) electrons. The Kier molecular flexibility index (Phi) is 18.8. The number of nitrogens with zero attached hydrogens (tertiary/aromatic N) is 2. The molecule has 1 aliphatic carbocycles. The van der Waals surface area contributed by atoms with Crippen LogP contribution in [0, 0.1) is 10.8 Å². The summed E-state index contributed by atoms with van der Waals surface area (Å²) in [7, 11) is 1.42. The van der Waals surface area contributed by atoms with Crippen molar-refractivity contribution in [2.75, 3.05) is 20.2 Å². The molecule has 0 bridgehead atoms. The second-order valence-electron chi connectivity index (χ2n) is 12.1. The van der Waals surface area contributed by atoms with E-state index >= 15 is 0 Å². The number of hydrogen-bond donors (Lipinski definition) is 17. The summed E-state index contributed by atoms with van der Waals surface area (Å²) in [6.45, 7) is 3.37. The van der Waals surface area contributed by atoms with Gasteiger partial charge in [-0.25, -0.2) is 4.99 Å². The van der Waals surface area contributed by atoms with Crippen LogP contribution in [0.4, 0.5) is 0 Å². The zero-order chi connectivity index (χ0) is 38.8. The summed E-state index contributed by atoms with van der Waals surface area (Å²) in [6, 6.07) is -4.02. The van der Waals surface area contributed by atoms with Gasteiger partial charge in [0.2, 0.25) is 0 Å². The number of unbranched alkanes of at least 4 members (excludes halogenated alkanes) is 1. The van der Waals surface area contributed by atoms with Crippen LogP contribution in [0.15, 0.2) is 9.98 Å². The van der Waals surface area contributed by atoms with Gasteiger partial charge in [0.15, 0.2) is 48.3 Å². The fourth-order valence-corrected chi connectivity index (χ4v) is 5.66. The number of carbonyl (C=O) groups excluding carboxylic acids is 1. The average Bonchev–Trinajstić information content (AvgIpc) is 3.29.